The van der Waals surface area contributed by atoms with Gasteiger partial charge in [0.2, 0.25) is 15.9 Å². The van der Waals surface area contributed by atoms with E-state index in [-0.39, 0.29) is 25.2 Å². The minimum absolute atomic E-state index is 0.0993. The summed E-state index contributed by atoms with van der Waals surface area (Å²) in [5.74, 6) is -0.129. The number of pyridine rings is 1. The van der Waals surface area contributed by atoms with Gasteiger partial charge in [0.1, 0.15) is 0 Å². The van der Waals surface area contributed by atoms with Crippen LogP contribution in [-0.4, -0.2) is 68.7 Å². The maximum atomic E-state index is 12.3. The minimum atomic E-state index is -3.42. The molecule has 1 unspecified atom stereocenters. The van der Waals surface area contributed by atoms with Gasteiger partial charge in [0.05, 0.1) is 25.4 Å². The van der Waals surface area contributed by atoms with E-state index in [1.807, 2.05) is 36.4 Å². The number of sulfonamides is 1. The van der Waals surface area contributed by atoms with Gasteiger partial charge >= 0.3 is 5.97 Å². The molecular weight excluding hydrogens is 486 g/mol. The molecule has 2 aromatic rings. The second kappa shape index (κ2) is 10.2. The fourth-order valence-corrected chi connectivity index (χ4v) is 5.80. The zero-order chi connectivity index (χ0) is 26.0. The van der Waals surface area contributed by atoms with Crippen LogP contribution in [0.25, 0.3) is 11.1 Å². The molecule has 1 fully saturated rings. The molecule has 0 saturated heterocycles. The number of carbonyl (C=O) groups excluding carboxylic acids is 1. The third kappa shape index (κ3) is 5.53. The van der Waals surface area contributed by atoms with E-state index in [0.29, 0.717) is 31.6 Å². The van der Waals surface area contributed by atoms with E-state index in [1.54, 1.807) is 20.2 Å². The number of ether oxygens (including phenoxy) is 3. The highest BCUT2D eigenvalue weighted by molar-refractivity contribution is 7.88. The number of carbonyl (C=O) groups is 1. The molecule has 0 spiro atoms. The third-order valence-corrected chi connectivity index (χ3v) is 7.25. The molecule has 1 aliphatic carbocycles. The molecular formula is C25H31N3O7S. The quantitative estimate of drug-likeness (QED) is 0.483. The molecule has 194 valence electrons. The van der Waals surface area contributed by atoms with Crippen molar-refractivity contribution in [2.75, 3.05) is 26.6 Å². The van der Waals surface area contributed by atoms with Crippen molar-refractivity contribution in [3.05, 3.63) is 48.2 Å². The highest BCUT2D eigenvalue weighted by Crippen LogP contribution is 2.45. The van der Waals surface area contributed by atoms with E-state index < -0.39 is 27.1 Å². The monoisotopic (exact) mass is 517 g/mol. The first-order valence-corrected chi connectivity index (χ1v) is 13.6. The molecule has 3 atom stereocenters. The molecule has 36 heavy (non-hydrogen) atoms. The van der Waals surface area contributed by atoms with E-state index in [4.69, 9.17) is 14.2 Å². The van der Waals surface area contributed by atoms with E-state index in [0.717, 1.165) is 22.9 Å². The van der Waals surface area contributed by atoms with Crippen LogP contribution in [0.2, 0.25) is 0 Å². The number of methoxy groups -OCH3 is 1. The predicted molar refractivity (Wildman–Crippen MR) is 133 cm³/mol. The number of hydrogen-bond donors (Lipinski definition) is 2. The Balaban J connectivity index is 1.69. The molecule has 0 radical (unpaired) electrons. The summed E-state index contributed by atoms with van der Waals surface area (Å²) in [7, 11) is -1.86. The van der Waals surface area contributed by atoms with Gasteiger partial charge in [-0.15, -0.1) is 0 Å². The van der Waals surface area contributed by atoms with E-state index >= 15 is 0 Å². The Morgan fingerprint density at radius 3 is 2.83 bits per heavy atom. The molecule has 1 aliphatic heterocycles. The van der Waals surface area contributed by atoms with Gasteiger partial charge in [0.25, 0.3) is 5.72 Å². The Kier molecular flexibility index (Phi) is 7.35. The summed E-state index contributed by atoms with van der Waals surface area (Å²) in [5.41, 5.74) is -0.141. The smallest absolute Gasteiger partial charge is 0.365 e. The Morgan fingerprint density at radius 1 is 1.31 bits per heavy atom. The van der Waals surface area contributed by atoms with Crippen molar-refractivity contribution < 1.29 is 32.5 Å². The van der Waals surface area contributed by atoms with Crippen LogP contribution < -0.4 is 9.46 Å². The van der Waals surface area contributed by atoms with Crippen LogP contribution in [-0.2, 0) is 30.7 Å². The van der Waals surface area contributed by atoms with Crippen molar-refractivity contribution in [2.45, 2.75) is 44.4 Å². The van der Waals surface area contributed by atoms with Crippen LogP contribution in [0.15, 0.2) is 47.6 Å². The molecule has 1 aromatic carbocycles. The molecule has 11 heteroatoms. The zero-order valence-corrected chi connectivity index (χ0v) is 21.4. The second-order valence-corrected chi connectivity index (χ2v) is 11.1. The second-order valence-electron chi connectivity index (χ2n) is 9.29. The topological polar surface area (TPSA) is 136 Å². The maximum absolute atomic E-state index is 12.3. The normalized spacial score (nSPS) is 25.8. The summed E-state index contributed by atoms with van der Waals surface area (Å²) in [6.07, 6.45) is 4.76. The number of aromatic nitrogens is 1. The summed E-state index contributed by atoms with van der Waals surface area (Å²) < 4.78 is 42.7. The van der Waals surface area contributed by atoms with Gasteiger partial charge in [-0.1, -0.05) is 24.3 Å². The summed E-state index contributed by atoms with van der Waals surface area (Å²) >= 11 is 0. The minimum Gasteiger partial charge on any atom is -0.481 e. The summed E-state index contributed by atoms with van der Waals surface area (Å²) in [6, 6.07) is 11.3. The predicted octanol–water partition coefficient (Wildman–Crippen LogP) is 2.07. The van der Waals surface area contributed by atoms with Gasteiger partial charge in [-0.25, -0.2) is 27.9 Å². The van der Waals surface area contributed by atoms with Gasteiger partial charge in [-0.3, -0.25) is 0 Å². The zero-order valence-electron chi connectivity index (χ0n) is 20.6. The maximum Gasteiger partial charge on any atom is 0.365 e. The molecule has 10 nitrogen and oxygen atoms in total. The summed E-state index contributed by atoms with van der Waals surface area (Å²) in [4.78, 5) is 20.9. The number of aliphatic hydroxyl groups is 1. The standard InChI is InChI=1S/C25H31N3O7S/c1-4-34-23(29)25(30)16-35-22(27-25)24(11-10-19(15-24)28-36(3,31)32)14-17-7-5-8-18(13-17)20-9-6-12-26-21(20)33-2/h5-9,12-13,19,28,30H,4,10-11,14-16H2,1-3H3/t19-,24+,25?/m0/s1. The molecule has 0 amide bonds. The first kappa shape index (κ1) is 26.1. The number of benzene rings is 1. The van der Waals surface area contributed by atoms with Crippen molar-refractivity contribution in [1.82, 2.24) is 9.71 Å². The van der Waals surface area contributed by atoms with Crippen LogP contribution in [0.5, 0.6) is 5.88 Å². The van der Waals surface area contributed by atoms with Crippen molar-refractivity contribution >= 4 is 21.9 Å². The van der Waals surface area contributed by atoms with Gasteiger partial charge in [0, 0.05) is 17.8 Å². The fourth-order valence-electron chi connectivity index (χ4n) is 5.00. The first-order chi connectivity index (χ1) is 17.1. The number of hydrogen-bond acceptors (Lipinski definition) is 9. The molecule has 2 aliphatic rings. The number of aliphatic imine (C=N–C) groups is 1. The van der Waals surface area contributed by atoms with Gasteiger partial charge in [-0.05, 0) is 55.9 Å². The molecule has 1 saturated carbocycles. The van der Waals surface area contributed by atoms with Gasteiger partial charge in [0.15, 0.2) is 12.5 Å². The fraction of sp³-hybridized carbons (Fsp3) is 0.480. The number of nitrogens with one attached hydrogen (secondary N) is 1. The van der Waals surface area contributed by atoms with Crippen LogP contribution in [0, 0.1) is 5.41 Å². The summed E-state index contributed by atoms with van der Waals surface area (Å²) in [5, 5.41) is 10.8. The van der Waals surface area contributed by atoms with Crippen LogP contribution in [0.4, 0.5) is 0 Å². The van der Waals surface area contributed by atoms with E-state index in [2.05, 4.69) is 14.7 Å². The van der Waals surface area contributed by atoms with Crippen LogP contribution in [0.1, 0.15) is 31.7 Å². The number of esters is 1. The van der Waals surface area contributed by atoms with Crippen LogP contribution in [0.3, 0.4) is 0 Å². The Hall–Kier alpha value is -3.02. The molecule has 4 rings (SSSR count). The largest absolute Gasteiger partial charge is 0.481 e. The average Bonchev–Trinajstić information content (AvgIpc) is 3.43. The molecule has 0 bridgehead atoms. The Morgan fingerprint density at radius 2 is 2.11 bits per heavy atom. The SMILES string of the molecule is CCOC(=O)C1(O)COC([C@@]2(Cc3cccc(-c4cccnc4OC)c3)CC[C@H](NS(C)(=O)=O)C2)=N1. The lowest BCUT2D eigenvalue weighted by Crippen LogP contribution is -2.39. The van der Waals surface area contributed by atoms with Crippen molar-refractivity contribution in [1.29, 1.82) is 0 Å². The highest BCUT2D eigenvalue weighted by atomic mass is 32.2. The number of nitrogens with zero attached hydrogens (tertiary/aromatic N) is 2. The summed E-state index contributed by atoms with van der Waals surface area (Å²) in [6.45, 7) is 1.40. The average molecular weight is 518 g/mol. The van der Waals surface area contributed by atoms with Gasteiger partial charge < -0.3 is 19.3 Å². The molecule has 2 N–H and O–H groups in total. The lowest BCUT2D eigenvalue weighted by Gasteiger charge is -2.29. The Bertz CT molecular complexity index is 1270. The van der Waals surface area contributed by atoms with Crippen molar-refractivity contribution in [2.24, 2.45) is 10.4 Å². The van der Waals surface area contributed by atoms with Crippen molar-refractivity contribution in [3.63, 3.8) is 0 Å². The first-order valence-electron chi connectivity index (χ1n) is 11.8. The van der Waals surface area contributed by atoms with E-state index in [1.165, 1.54) is 0 Å². The lowest BCUT2D eigenvalue weighted by molar-refractivity contribution is -0.165. The van der Waals surface area contributed by atoms with E-state index in [9.17, 15) is 18.3 Å². The van der Waals surface area contributed by atoms with Crippen LogP contribution >= 0.6 is 0 Å². The molecule has 1 aromatic heterocycles. The number of rotatable bonds is 9. The van der Waals surface area contributed by atoms with Gasteiger partial charge in [-0.2, -0.15) is 0 Å². The molecule has 2 heterocycles. The Labute approximate surface area is 210 Å². The highest BCUT2D eigenvalue weighted by Gasteiger charge is 2.52. The lowest BCUT2D eigenvalue weighted by atomic mass is 9.79. The third-order valence-electron chi connectivity index (χ3n) is 6.49. The van der Waals surface area contributed by atoms with Crippen molar-refractivity contribution in [3.8, 4) is 17.0 Å².